The molecule has 1 heterocycles. The molecule has 0 aliphatic rings. The van der Waals surface area contributed by atoms with E-state index in [0.29, 0.717) is 16.9 Å². The number of carbonyl (C=O) groups excluding carboxylic acids is 1. The van der Waals surface area contributed by atoms with E-state index in [4.69, 9.17) is 18.6 Å². The largest absolute Gasteiger partial charge is 0.493 e. The summed E-state index contributed by atoms with van der Waals surface area (Å²) in [7, 11) is 2.93. The standard InChI is InChI=1S/C14H14O6/c1-4-19-14(16)10-7-20-13(15)9-6-12(18-3)11(17-2)5-8(9)10/h5-7H,4H2,1-3H3. The lowest BCUT2D eigenvalue weighted by Crippen LogP contribution is -2.09. The van der Waals surface area contributed by atoms with Gasteiger partial charge in [-0.1, -0.05) is 0 Å². The summed E-state index contributed by atoms with van der Waals surface area (Å²) in [5.41, 5.74) is -0.392. The molecule has 0 saturated carbocycles. The second-order valence-electron chi connectivity index (χ2n) is 3.91. The summed E-state index contributed by atoms with van der Waals surface area (Å²) >= 11 is 0. The minimum atomic E-state index is -0.562. The van der Waals surface area contributed by atoms with E-state index in [1.54, 1.807) is 13.0 Å². The second kappa shape index (κ2) is 5.64. The molecule has 0 saturated heterocycles. The molecule has 0 aliphatic carbocycles. The molecule has 0 bridgehead atoms. The third kappa shape index (κ3) is 2.32. The molecule has 0 spiro atoms. The predicted octanol–water partition coefficient (Wildman–Crippen LogP) is 1.99. The highest BCUT2D eigenvalue weighted by Crippen LogP contribution is 2.32. The summed E-state index contributed by atoms with van der Waals surface area (Å²) in [6.45, 7) is 1.93. The lowest BCUT2D eigenvalue weighted by atomic mass is 10.1. The lowest BCUT2D eigenvalue weighted by molar-refractivity contribution is 0.0526. The average Bonchev–Trinajstić information content (AvgIpc) is 2.46. The highest BCUT2D eigenvalue weighted by Gasteiger charge is 2.17. The number of carbonyl (C=O) groups is 1. The normalized spacial score (nSPS) is 10.3. The van der Waals surface area contributed by atoms with E-state index < -0.39 is 11.6 Å². The van der Waals surface area contributed by atoms with Crippen molar-refractivity contribution in [2.75, 3.05) is 20.8 Å². The molecule has 1 aromatic heterocycles. The molecule has 2 rings (SSSR count). The van der Waals surface area contributed by atoms with Gasteiger partial charge in [-0.2, -0.15) is 0 Å². The van der Waals surface area contributed by atoms with Crippen molar-refractivity contribution in [2.24, 2.45) is 0 Å². The highest BCUT2D eigenvalue weighted by atomic mass is 16.5. The van der Waals surface area contributed by atoms with Crippen molar-refractivity contribution < 1.29 is 23.4 Å². The molecule has 6 heteroatoms. The molecule has 106 valence electrons. The SMILES string of the molecule is CCOC(=O)c1coc(=O)c2cc(OC)c(OC)cc12. The van der Waals surface area contributed by atoms with E-state index in [2.05, 4.69) is 0 Å². The maximum absolute atomic E-state index is 11.9. The molecular formula is C14H14O6. The Morgan fingerprint density at radius 3 is 2.30 bits per heavy atom. The topological polar surface area (TPSA) is 75.0 Å². The number of rotatable bonds is 4. The van der Waals surface area contributed by atoms with Crippen LogP contribution in [0.4, 0.5) is 0 Å². The van der Waals surface area contributed by atoms with E-state index in [-0.39, 0.29) is 17.6 Å². The van der Waals surface area contributed by atoms with Crippen molar-refractivity contribution in [2.45, 2.75) is 6.92 Å². The van der Waals surface area contributed by atoms with Gasteiger partial charge in [0, 0.05) is 5.39 Å². The van der Waals surface area contributed by atoms with Gasteiger partial charge >= 0.3 is 11.6 Å². The fourth-order valence-electron chi connectivity index (χ4n) is 1.88. The Hall–Kier alpha value is -2.50. The molecule has 0 fully saturated rings. The van der Waals surface area contributed by atoms with Crippen LogP contribution in [0.1, 0.15) is 17.3 Å². The zero-order valence-electron chi connectivity index (χ0n) is 11.4. The molecule has 0 atom stereocenters. The lowest BCUT2D eigenvalue weighted by Gasteiger charge is -2.10. The van der Waals surface area contributed by atoms with E-state index in [1.165, 1.54) is 20.3 Å². The molecule has 0 N–H and O–H groups in total. The van der Waals surface area contributed by atoms with Gasteiger partial charge in [0.25, 0.3) is 0 Å². The maximum atomic E-state index is 11.9. The minimum Gasteiger partial charge on any atom is -0.493 e. The van der Waals surface area contributed by atoms with Gasteiger partial charge in [-0.05, 0) is 19.1 Å². The molecule has 0 amide bonds. The molecule has 0 aliphatic heterocycles. The van der Waals surface area contributed by atoms with Crippen LogP contribution in [0.15, 0.2) is 27.6 Å². The maximum Gasteiger partial charge on any atom is 0.343 e. The first-order valence-corrected chi connectivity index (χ1v) is 5.97. The summed E-state index contributed by atoms with van der Waals surface area (Å²) in [6, 6.07) is 3.03. The van der Waals surface area contributed by atoms with Crippen molar-refractivity contribution in [1.82, 2.24) is 0 Å². The fourth-order valence-corrected chi connectivity index (χ4v) is 1.88. The average molecular weight is 278 g/mol. The smallest absolute Gasteiger partial charge is 0.343 e. The predicted molar refractivity (Wildman–Crippen MR) is 71.5 cm³/mol. The van der Waals surface area contributed by atoms with E-state index in [0.717, 1.165) is 6.26 Å². The Morgan fingerprint density at radius 1 is 1.15 bits per heavy atom. The van der Waals surface area contributed by atoms with Crippen molar-refractivity contribution >= 4 is 16.7 Å². The van der Waals surface area contributed by atoms with Gasteiger partial charge in [0.15, 0.2) is 11.5 Å². The van der Waals surface area contributed by atoms with Gasteiger partial charge in [0.1, 0.15) is 11.8 Å². The van der Waals surface area contributed by atoms with Crippen LogP contribution in [0.3, 0.4) is 0 Å². The molecule has 1 aromatic carbocycles. The zero-order chi connectivity index (χ0) is 14.7. The Labute approximate surface area is 114 Å². The van der Waals surface area contributed by atoms with Gasteiger partial charge < -0.3 is 18.6 Å². The van der Waals surface area contributed by atoms with Gasteiger partial charge in [-0.3, -0.25) is 0 Å². The molecule has 20 heavy (non-hydrogen) atoms. The molecule has 2 aromatic rings. The molecule has 6 nitrogen and oxygen atoms in total. The molecule has 0 unspecified atom stereocenters. The van der Waals surface area contributed by atoms with Crippen molar-refractivity contribution in [1.29, 1.82) is 0 Å². The van der Waals surface area contributed by atoms with Crippen LogP contribution in [0.25, 0.3) is 10.8 Å². The summed E-state index contributed by atoms with van der Waals surface area (Å²) in [5.74, 6) is 0.234. The van der Waals surface area contributed by atoms with Gasteiger partial charge in [0.05, 0.1) is 26.2 Å². The van der Waals surface area contributed by atoms with Crippen LogP contribution in [0, 0.1) is 0 Å². The molecule has 0 radical (unpaired) electrons. The van der Waals surface area contributed by atoms with Gasteiger partial charge in [-0.15, -0.1) is 0 Å². The Bertz CT molecular complexity index is 701. The van der Waals surface area contributed by atoms with Crippen LogP contribution in [-0.2, 0) is 4.74 Å². The van der Waals surface area contributed by atoms with Crippen molar-refractivity contribution in [3.8, 4) is 11.5 Å². The minimum absolute atomic E-state index is 0.169. The van der Waals surface area contributed by atoms with E-state index >= 15 is 0 Å². The monoisotopic (exact) mass is 278 g/mol. The number of hydrogen-bond acceptors (Lipinski definition) is 6. The van der Waals surface area contributed by atoms with Crippen LogP contribution in [-0.4, -0.2) is 26.8 Å². The van der Waals surface area contributed by atoms with Crippen LogP contribution in [0.5, 0.6) is 11.5 Å². The van der Waals surface area contributed by atoms with Crippen LogP contribution in [0.2, 0.25) is 0 Å². The number of benzene rings is 1. The number of fused-ring (bicyclic) bond motifs is 1. The van der Waals surface area contributed by atoms with E-state index in [1.807, 2.05) is 0 Å². The zero-order valence-corrected chi connectivity index (χ0v) is 11.4. The van der Waals surface area contributed by atoms with Gasteiger partial charge in [0.2, 0.25) is 0 Å². The Kier molecular flexibility index (Phi) is 3.93. The fraction of sp³-hybridized carbons (Fsp3) is 0.286. The first-order valence-electron chi connectivity index (χ1n) is 5.97. The highest BCUT2D eigenvalue weighted by molar-refractivity contribution is 6.04. The van der Waals surface area contributed by atoms with E-state index in [9.17, 15) is 9.59 Å². The van der Waals surface area contributed by atoms with Crippen LogP contribution < -0.4 is 15.1 Å². The van der Waals surface area contributed by atoms with Crippen LogP contribution >= 0.6 is 0 Å². The van der Waals surface area contributed by atoms with Crippen molar-refractivity contribution in [3.63, 3.8) is 0 Å². The van der Waals surface area contributed by atoms with Gasteiger partial charge in [-0.25, -0.2) is 9.59 Å². The third-order valence-corrected chi connectivity index (χ3v) is 2.81. The summed E-state index contributed by atoms with van der Waals surface area (Å²) in [6.07, 6.45) is 1.09. The number of hydrogen-bond donors (Lipinski definition) is 0. The second-order valence-corrected chi connectivity index (χ2v) is 3.91. The third-order valence-electron chi connectivity index (χ3n) is 2.81. The summed E-state index contributed by atoms with van der Waals surface area (Å²) < 4.78 is 20.1. The summed E-state index contributed by atoms with van der Waals surface area (Å²) in [4.78, 5) is 23.6. The Balaban J connectivity index is 2.76. The number of esters is 1. The molecular weight excluding hydrogens is 264 g/mol. The first-order chi connectivity index (χ1) is 9.62. The number of methoxy groups -OCH3 is 2. The Morgan fingerprint density at radius 2 is 1.75 bits per heavy atom. The van der Waals surface area contributed by atoms with Crippen molar-refractivity contribution in [3.05, 3.63) is 34.4 Å². The number of ether oxygens (including phenoxy) is 3. The first kappa shape index (κ1) is 13.9. The quantitative estimate of drug-likeness (QED) is 0.796. The summed E-state index contributed by atoms with van der Waals surface area (Å²) in [5, 5.41) is 0.630.